The molecule has 3 rings (SSSR count). The van der Waals surface area contributed by atoms with Gasteiger partial charge in [0.2, 0.25) is 0 Å². The van der Waals surface area contributed by atoms with Crippen molar-refractivity contribution in [3.8, 4) is 11.5 Å². The molecule has 31 heavy (non-hydrogen) atoms. The molecule has 0 bridgehead atoms. The van der Waals surface area contributed by atoms with Gasteiger partial charge in [-0.2, -0.15) is 0 Å². The van der Waals surface area contributed by atoms with Crippen molar-refractivity contribution in [3.05, 3.63) is 57.6 Å². The number of hydrogen-bond acceptors (Lipinski definition) is 5. The third-order valence-corrected chi connectivity index (χ3v) is 5.19. The average Bonchev–Trinajstić information content (AvgIpc) is 2.69. The van der Waals surface area contributed by atoms with E-state index < -0.39 is 11.8 Å². The van der Waals surface area contributed by atoms with Crippen LogP contribution >= 0.6 is 23.8 Å². The second kappa shape index (κ2) is 9.49. The fourth-order valence-corrected chi connectivity index (χ4v) is 3.87. The van der Waals surface area contributed by atoms with Crippen LogP contribution in [0.15, 0.2) is 35.9 Å². The highest BCUT2D eigenvalue weighted by Crippen LogP contribution is 2.37. The van der Waals surface area contributed by atoms with Crippen LogP contribution in [0.5, 0.6) is 11.5 Å². The van der Waals surface area contributed by atoms with Crippen molar-refractivity contribution in [2.45, 2.75) is 27.7 Å². The molecule has 1 heterocycles. The molecule has 1 aliphatic heterocycles. The molecule has 0 radical (unpaired) electrons. The molecule has 1 saturated heterocycles. The SMILES string of the molecule is CCOc1cc(/C=C2\C(=O)NC(=S)N(c3ccc(C)cc3C)C2=O)cc(Cl)c1OCC. The van der Waals surface area contributed by atoms with Gasteiger partial charge in [-0.1, -0.05) is 29.3 Å². The number of anilines is 1. The van der Waals surface area contributed by atoms with E-state index in [4.69, 9.17) is 33.3 Å². The van der Waals surface area contributed by atoms with E-state index in [9.17, 15) is 9.59 Å². The van der Waals surface area contributed by atoms with E-state index in [2.05, 4.69) is 5.32 Å². The number of hydrogen-bond donors (Lipinski definition) is 1. The third-order valence-electron chi connectivity index (χ3n) is 4.63. The first-order valence-electron chi connectivity index (χ1n) is 9.84. The second-order valence-corrected chi connectivity index (χ2v) is 7.74. The number of nitrogens with zero attached hydrogens (tertiary/aromatic N) is 1. The Bertz CT molecular complexity index is 1100. The largest absolute Gasteiger partial charge is 0.490 e. The van der Waals surface area contributed by atoms with E-state index in [0.29, 0.717) is 41.0 Å². The number of amides is 2. The maximum absolute atomic E-state index is 13.3. The molecule has 0 atom stereocenters. The van der Waals surface area contributed by atoms with Gasteiger partial charge in [0.25, 0.3) is 11.8 Å². The maximum atomic E-state index is 13.3. The molecule has 2 aromatic rings. The number of halogens is 1. The number of carbonyl (C=O) groups is 2. The summed E-state index contributed by atoms with van der Waals surface area (Å²) in [6.07, 6.45) is 1.47. The number of rotatable bonds is 6. The summed E-state index contributed by atoms with van der Waals surface area (Å²) in [6, 6.07) is 8.95. The Kier molecular flexibility index (Phi) is 6.97. The van der Waals surface area contributed by atoms with Gasteiger partial charge >= 0.3 is 0 Å². The van der Waals surface area contributed by atoms with Crippen LogP contribution in [0.1, 0.15) is 30.5 Å². The van der Waals surface area contributed by atoms with E-state index in [1.54, 1.807) is 12.1 Å². The smallest absolute Gasteiger partial charge is 0.270 e. The van der Waals surface area contributed by atoms with Gasteiger partial charge in [-0.25, -0.2) is 0 Å². The van der Waals surface area contributed by atoms with Crippen LogP contribution in [0.2, 0.25) is 5.02 Å². The highest BCUT2D eigenvalue weighted by Gasteiger charge is 2.35. The summed E-state index contributed by atoms with van der Waals surface area (Å²) in [5.74, 6) is -0.220. The van der Waals surface area contributed by atoms with Gasteiger partial charge in [0, 0.05) is 0 Å². The monoisotopic (exact) mass is 458 g/mol. The van der Waals surface area contributed by atoms with Gasteiger partial charge < -0.3 is 9.47 Å². The van der Waals surface area contributed by atoms with E-state index in [1.807, 2.05) is 45.9 Å². The van der Waals surface area contributed by atoms with Crippen LogP contribution < -0.4 is 19.7 Å². The number of aryl methyl sites for hydroxylation is 2. The summed E-state index contributed by atoms with van der Waals surface area (Å²) in [5.41, 5.74) is 3.02. The predicted octanol–water partition coefficient (Wildman–Crippen LogP) is 4.59. The molecule has 162 valence electrons. The normalized spacial score (nSPS) is 15.3. The Morgan fingerprint density at radius 2 is 1.81 bits per heavy atom. The van der Waals surface area contributed by atoms with Crippen molar-refractivity contribution in [1.29, 1.82) is 0 Å². The predicted molar refractivity (Wildman–Crippen MR) is 126 cm³/mol. The van der Waals surface area contributed by atoms with E-state index in [0.717, 1.165) is 11.1 Å². The van der Waals surface area contributed by atoms with Gasteiger partial charge in [0.05, 0.1) is 23.9 Å². The first-order chi connectivity index (χ1) is 14.8. The van der Waals surface area contributed by atoms with Crippen LogP contribution in [0.25, 0.3) is 6.08 Å². The fraction of sp³-hybridized carbons (Fsp3) is 0.261. The number of thiocarbonyl (C=S) groups is 1. The Morgan fingerprint density at radius 1 is 1.10 bits per heavy atom. The summed E-state index contributed by atoms with van der Waals surface area (Å²) in [6.45, 7) is 8.37. The van der Waals surface area contributed by atoms with E-state index >= 15 is 0 Å². The van der Waals surface area contributed by atoms with Crippen molar-refractivity contribution >= 4 is 52.5 Å². The van der Waals surface area contributed by atoms with Crippen molar-refractivity contribution in [3.63, 3.8) is 0 Å². The molecule has 2 amide bonds. The average molecular weight is 459 g/mol. The van der Waals surface area contributed by atoms with Crippen LogP contribution in [0, 0.1) is 13.8 Å². The van der Waals surface area contributed by atoms with Gasteiger partial charge in [-0.15, -0.1) is 0 Å². The van der Waals surface area contributed by atoms with Gasteiger partial charge in [-0.3, -0.25) is 19.8 Å². The number of benzene rings is 2. The van der Waals surface area contributed by atoms with Crippen molar-refractivity contribution < 1.29 is 19.1 Å². The molecular weight excluding hydrogens is 436 g/mol. The minimum absolute atomic E-state index is 0.0406. The summed E-state index contributed by atoms with van der Waals surface area (Å²) in [7, 11) is 0. The zero-order valence-electron chi connectivity index (χ0n) is 17.7. The Morgan fingerprint density at radius 3 is 2.45 bits per heavy atom. The van der Waals surface area contributed by atoms with Crippen molar-refractivity contribution in [2.24, 2.45) is 0 Å². The van der Waals surface area contributed by atoms with E-state index in [-0.39, 0.29) is 10.7 Å². The molecule has 8 heteroatoms. The minimum atomic E-state index is -0.570. The van der Waals surface area contributed by atoms with Gasteiger partial charge in [0.1, 0.15) is 5.57 Å². The highest BCUT2D eigenvalue weighted by atomic mass is 35.5. The molecule has 2 aromatic carbocycles. The Labute approximate surface area is 191 Å². The molecule has 6 nitrogen and oxygen atoms in total. The lowest BCUT2D eigenvalue weighted by Crippen LogP contribution is -2.54. The number of nitrogens with one attached hydrogen (secondary N) is 1. The fourth-order valence-electron chi connectivity index (χ4n) is 3.32. The molecule has 1 N–H and O–H groups in total. The summed E-state index contributed by atoms with van der Waals surface area (Å²) in [5, 5.41) is 2.96. The van der Waals surface area contributed by atoms with Gasteiger partial charge in [-0.05, 0) is 75.3 Å². The first-order valence-corrected chi connectivity index (χ1v) is 10.6. The summed E-state index contributed by atoms with van der Waals surface area (Å²) >= 11 is 11.7. The standard InChI is InChI=1S/C23H23ClN2O4S/c1-5-29-19-12-15(11-17(24)20(19)30-6-2)10-16-21(27)25-23(31)26(22(16)28)18-8-7-13(3)9-14(18)4/h7-12H,5-6H2,1-4H3,(H,25,27,31)/b16-10+. The van der Waals surface area contributed by atoms with Crippen LogP contribution in [-0.4, -0.2) is 30.1 Å². The molecule has 0 saturated carbocycles. The lowest BCUT2D eigenvalue weighted by atomic mass is 10.0. The molecule has 1 aliphatic rings. The Hall–Kier alpha value is -2.90. The lowest BCUT2D eigenvalue weighted by Gasteiger charge is -2.30. The summed E-state index contributed by atoms with van der Waals surface area (Å²) in [4.78, 5) is 27.2. The maximum Gasteiger partial charge on any atom is 0.270 e. The minimum Gasteiger partial charge on any atom is -0.490 e. The van der Waals surface area contributed by atoms with Crippen LogP contribution in [-0.2, 0) is 9.59 Å². The topological polar surface area (TPSA) is 67.9 Å². The number of carbonyl (C=O) groups excluding carboxylic acids is 2. The Balaban J connectivity index is 2.06. The quantitative estimate of drug-likeness (QED) is 0.389. The molecule has 0 aromatic heterocycles. The lowest BCUT2D eigenvalue weighted by molar-refractivity contribution is -0.122. The molecule has 1 fully saturated rings. The van der Waals surface area contributed by atoms with Crippen LogP contribution in [0.3, 0.4) is 0 Å². The molecule has 0 unspecified atom stereocenters. The van der Waals surface area contributed by atoms with Crippen LogP contribution in [0.4, 0.5) is 5.69 Å². The zero-order chi connectivity index (χ0) is 22.7. The first kappa shape index (κ1) is 22.8. The second-order valence-electron chi connectivity index (χ2n) is 6.94. The molecule has 0 spiro atoms. The third kappa shape index (κ3) is 4.73. The summed E-state index contributed by atoms with van der Waals surface area (Å²) < 4.78 is 11.2. The molecule has 0 aliphatic carbocycles. The van der Waals surface area contributed by atoms with E-state index in [1.165, 1.54) is 11.0 Å². The molecular formula is C23H23ClN2O4S. The number of ether oxygens (including phenoxy) is 2. The zero-order valence-corrected chi connectivity index (χ0v) is 19.3. The van der Waals surface area contributed by atoms with Gasteiger partial charge in [0.15, 0.2) is 16.6 Å². The highest BCUT2D eigenvalue weighted by molar-refractivity contribution is 7.80. The van der Waals surface area contributed by atoms with Crippen molar-refractivity contribution in [1.82, 2.24) is 5.32 Å². The van der Waals surface area contributed by atoms with Crippen molar-refractivity contribution in [2.75, 3.05) is 18.1 Å².